The highest BCUT2D eigenvalue weighted by molar-refractivity contribution is 7.89. The number of para-hydroxylation sites is 1. The van der Waals surface area contributed by atoms with E-state index in [1.807, 2.05) is 0 Å². The Morgan fingerprint density at radius 1 is 1.17 bits per heavy atom. The van der Waals surface area contributed by atoms with Gasteiger partial charge < -0.3 is 4.74 Å². The van der Waals surface area contributed by atoms with Crippen LogP contribution in [0, 0.1) is 0 Å². The summed E-state index contributed by atoms with van der Waals surface area (Å²) in [6.07, 6.45) is 0. The molecule has 4 nitrogen and oxygen atoms in total. The zero-order valence-corrected chi connectivity index (χ0v) is 13.7. The summed E-state index contributed by atoms with van der Waals surface area (Å²) in [4.78, 5) is -0.315. The average molecular weight is 362 g/mol. The predicted molar refractivity (Wildman–Crippen MR) is 83.2 cm³/mol. The molecule has 2 rings (SSSR count). The van der Waals surface area contributed by atoms with Gasteiger partial charge in [-0.15, -0.1) is 0 Å². The molecular formula is C15H14ClF2NO3S. The van der Waals surface area contributed by atoms with E-state index in [9.17, 15) is 17.2 Å². The molecule has 0 heterocycles. The van der Waals surface area contributed by atoms with Crippen molar-refractivity contribution >= 4 is 21.6 Å². The second-order valence-electron chi connectivity index (χ2n) is 4.72. The summed E-state index contributed by atoms with van der Waals surface area (Å²) in [5.74, 6) is -0.388. The van der Waals surface area contributed by atoms with Gasteiger partial charge in [0.1, 0.15) is 10.6 Å². The zero-order valence-electron chi connectivity index (χ0n) is 12.1. The summed E-state index contributed by atoms with van der Waals surface area (Å²) in [6, 6.07) is 12.0. The molecule has 0 saturated carbocycles. The van der Waals surface area contributed by atoms with E-state index in [-0.39, 0.29) is 17.2 Å². The van der Waals surface area contributed by atoms with E-state index in [0.29, 0.717) is 10.6 Å². The molecular weight excluding hydrogens is 348 g/mol. The van der Waals surface area contributed by atoms with Crippen LogP contribution in [0.15, 0.2) is 53.4 Å². The topological polar surface area (TPSA) is 46.6 Å². The number of rotatable bonds is 6. The largest absolute Gasteiger partial charge is 0.433 e. The third kappa shape index (κ3) is 4.40. The van der Waals surface area contributed by atoms with Crippen molar-refractivity contribution in [3.05, 3.63) is 59.1 Å². The van der Waals surface area contributed by atoms with E-state index in [4.69, 9.17) is 11.6 Å². The minimum atomic E-state index is -3.99. The maximum atomic E-state index is 12.6. The van der Waals surface area contributed by atoms with Crippen molar-refractivity contribution in [2.24, 2.45) is 0 Å². The minimum Gasteiger partial charge on any atom is -0.433 e. The van der Waals surface area contributed by atoms with E-state index < -0.39 is 16.6 Å². The van der Waals surface area contributed by atoms with E-state index in [1.165, 1.54) is 31.3 Å². The molecule has 23 heavy (non-hydrogen) atoms. The Kier molecular flexibility index (Phi) is 5.56. The Morgan fingerprint density at radius 3 is 2.52 bits per heavy atom. The number of halogens is 3. The van der Waals surface area contributed by atoms with Crippen LogP contribution in [0.5, 0.6) is 5.75 Å². The molecule has 0 aliphatic carbocycles. The number of hydrogen-bond acceptors (Lipinski definition) is 3. The molecule has 0 spiro atoms. The lowest BCUT2D eigenvalue weighted by atomic mass is 10.2. The molecule has 0 aliphatic heterocycles. The smallest absolute Gasteiger partial charge is 0.387 e. The van der Waals surface area contributed by atoms with E-state index in [1.54, 1.807) is 24.3 Å². The number of alkyl halides is 2. The van der Waals surface area contributed by atoms with Gasteiger partial charge in [-0.2, -0.15) is 13.1 Å². The van der Waals surface area contributed by atoms with Gasteiger partial charge in [-0.1, -0.05) is 35.9 Å². The quantitative estimate of drug-likeness (QED) is 0.787. The Morgan fingerprint density at radius 2 is 1.87 bits per heavy atom. The van der Waals surface area contributed by atoms with Crippen molar-refractivity contribution in [1.29, 1.82) is 0 Å². The van der Waals surface area contributed by atoms with Crippen LogP contribution in [0.1, 0.15) is 5.56 Å². The molecule has 0 unspecified atom stereocenters. The Labute approximate surface area is 138 Å². The SMILES string of the molecule is CN(Cc1cccc(Cl)c1)S(=O)(=O)c1ccccc1OC(F)F. The Bertz CT molecular complexity index is 784. The summed E-state index contributed by atoms with van der Waals surface area (Å²) in [5, 5.41) is 0.481. The number of benzene rings is 2. The molecule has 0 aromatic heterocycles. The van der Waals surface area contributed by atoms with Crippen LogP contribution in [0.25, 0.3) is 0 Å². The minimum absolute atomic E-state index is 0.0475. The lowest BCUT2D eigenvalue weighted by Gasteiger charge is -2.19. The van der Waals surface area contributed by atoms with Crippen molar-refractivity contribution < 1.29 is 21.9 Å². The van der Waals surface area contributed by atoms with Crippen molar-refractivity contribution in [3.8, 4) is 5.75 Å². The van der Waals surface area contributed by atoms with Crippen molar-refractivity contribution in [2.45, 2.75) is 18.1 Å². The fourth-order valence-corrected chi connectivity index (χ4v) is 3.49. The van der Waals surface area contributed by atoms with Crippen LogP contribution in [0.4, 0.5) is 8.78 Å². The number of ether oxygens (including phenoxy) is 1. The van der Waals surface area contributed by atoms with Crippen LogP contribution in [-0.2, 0) is 16.6 Å². The fraction of sp³-hybridized carbons (Fsp3) is 0.200. The number of sulfonamides is 1. The monoisotopic (exact) mass is 361 g/mol. The Hall–Kier alpha value is -1.70. The second-order valence-corrected chi connectivity index (χ2v) is 7.17. The predicted octanol–water partition coefficient (Wildman–Crippen LogP) is 3.76. The van der Waals surface area contributed by atoms with Gasteiger partial charge in [0.05, 0.1) is 0 Å². The summed E-state index contributed by atoms with van der Waals surface area (Å²) < 4.78 is 55.4. The molecule has 2 aromatic carbocycles. The summed E-state index contributed by atoms with van der Waals surface area (Å²) in [7, 11) is -2.64. The van der Waals surface area contributed by atoms with Crippen molar-refractivity contribution in [3.63, 3.8) is 0 Å². The highest BCUT2D eigenvalue weighted by Crippen LogP contribution is 2.28. The molecule has 0 amide bonds. The third-order valence-electron chi connectivity index (χ3n) is 3.05. The van der Waals surface area contributed by atoms with Gasteiger partial charge in [-0.25, -0.2) is 8.42 Å². The van der Waals surface area contributed by atoms with Gasteiger partial charge in [0.25, 0.3) is 0 Å². The standard InChI is InChI=1S/C15H14ClF2NO3S/c1-19(10-11-5-4-6-12(16)9-11)23(20,21)14-8-3-2-7-13(14)22-15(17)18/h2-9,15H,10H2,1H3. The molecule has 0 atom stereocenters. The van der Waals surface area contributed by atoms with E-state index in [2.05, 4.69) is 4.74 Å². The molecule has 2 aromatic rings. The van der Waals surface area contributed by atoms with E-state index in [0.717, 1.165) is 4.31 Å². The molecule has 0 N–H and O–H groups in total. The van der Waals surface area contributed by atoms with Crippen molar-refractivity contribution in [1.82, 2.24) is 4.31 Å². The lowest BCUT2D eigenvalue weighted by molar-refractivity contribution is -0.0517. The first kappa shape index (κ1) is 17.7. The molecule has 0 aliphatic rings. The number of hydrogen-bond donors (Lipinski definition) is 0. The first-order valence-corrected chi connectivity index (χ1v) is 8.37. The van der Waals surface area contributed by atoms with Gasteiger partial charge in [-0.05, 0) is 29.8 Å². The maximum absolute atomic E-state index is 12.6. The molecule has 124 valence electrons. The van der Waals surface area contributed by atoms with Gasteiger partial charge in [-0.3, -0.25) is 0 Å². The average Bonchev–Trinajstić information content (AvgIpc) is 2.47. The van der Waals surface area contributed by atoms with Crippen LogP contribution < -0.4 is 4.74 Å². The molecule has 0 fully saturated rings. The van der Waals surface area contributed by atoms with Gasteiger partial charge in [0.15, 0.2) is 0 Å². The van der Waals surface area contributed by atoms with Gasteiger partial charge in [0.2, 0.25) is 10.0 Å². The maximum Gasteiger partial charge on any atom is 0.387 e. The zero-order chi connectivity index (χ0) is 17.0. The lowest BCUT2D eigenvalue weighted by Crippen LogP contribution is -2.27. The first-order valence-electron chi connectivity index (χ1n) is 6.55. The number of nitrogens with zero attached hydrogens (tertiary/aromatic N) is 1. The summed E-state index contributed by atoms with van der Waals surface area (Å²) >= 11 is 5.87. The highest BCUT2D eigenvalue weighted by atomic mass is 35.5. The summed E-state index contributed by atoms with van der Waals surface area (Å²) in [5.41, 5.74) is 0.677. The highest BCUT2D eigenvalue weighted by Gasteiger charge is 2.26. The van der Waals surface area contributed by atoms with Crippen LogP contribution >= 0.6 is 11.6 Å². The summed E-state index contributed by atoms with van der Waals surface area (Å²) in [6.45, 7) is -3.06. The van der Waals surface area contributed by atoms with Gasteiger partial charge in [0, 0.05) is 18.6 Å². The Balaban J connectivity index is 2.31. The van der Waals surface area contributed by atoms with Crippen LogP contribution in [0.3, 0.4) is 0 Å². The van der Waals surface area contributed by atoms with Crippen LogP contribution in [-0.4, -0.2) is 26.4 Å². The van der Waals surface area contributed by atoms with E-state index >= 15 is 0 Å². The molecule has 0 bridgehead atoms. The fourth-order valence-electron chi connectivity index (χ4n) is 2.00. The van der Waals surface area contributed by atoms with Gasteiger partial charge >= 0.3 is 6.61 Å². The van der Waals surface area contributed by atoms with Crippen molar-refractivity contribution in [2.75, 3.05) is 7.05 Å². The molecule has 0 saturated heterocycles. The van der Waals surface area contributed by atoms with Crippen LogP contribution in [0.2, 0.25) is 5.02 Å². The molecule has 0 radical (unpaired) electrons. The first-order chi connectivity index (χ1) is 10.8. The second kappa shape index (κ2) is 7.25. The third-order valence-corrected chi connectivity index (χ3v) is 5.13. The normalized spacial score (nSPS) is 11.9. The molecule has 8 heteroatoms.